The van der Waals surface area contributed by atoms with E-state index in [4.69, 9.17) is 24.0 Å². The maximum absolute atomic E-state index is 13.7. The summed E-state index contributed by atoms with van der Waals surface area (Å²) in [5.74, 6) is 1.45. The van der Waals surface area contributed by atoms with Gasteiger partial charge < -0.3 is 18.9 Å². The van der Waals surface area contributed by atoms with Gasteiger partial charge in [-0.1, -0.05) is 12.1 Å². The average Bonchev–Trinajstić information content (AvgIpc) is 3.38. The highest BCUT2D eigenvalue weighted by Gasteiger charge is 2.37. The standard InChI is InChI=1S/C28H35N3O6/c1-5-37-28(33)19-9-8-14-30(17-19)18-27(32)31-24(22-15-20(34-2)12-13-26(22)36-4)16-23(29-31)21-10-6-7-11-25(21)35-3/h6-7,10-13,15,19,24H,5,8-9,14,16-18H2,1-4H3/t19-,24-/m1/s1. The number of ether oxygens (including phenoxy) is 4. The lowest BCUT2D eigenvalue weighted by Gasteiger charge is -2.32. The maximum Gasteiger partial charge on any atom is 0.310 e. The van der Waals surface area contributed by atoms with Crippen LogP contribution >= 0.6 is 0 Å². The highest BCUT2D eigenvalue weighted by Crippen LogP contribution is 2.40. The lowest BCUT2D eigenvalue weighted by Crippen LogP contribution is -2.44. The fraction of sp³-hybridized carbons (Fsp3) is 0.464. The second-order valence-corrected chi connectivity index (χ2v) is 9.14. The summed E-state index contributed by atoms with van der Waals surface area (Å²) in [6.45, 7) is 3.55. The highest BCUT2D eigenvalue weighted by molar-refractivity contribution is 6.05. The van der Waals surface area contributed by atoms with Crippen molar-refractivity contribution >= 4 is 17.6 Å². The first-order valence-electron chi connectivity index (χ1n) is 12.6. The van der Waals surface area contributed by atoms with Gasteiger partial charge in [-0.05, 0) is 56.6 Å². The molecule has 198 valence electrons. The summed E-state index contributed by atoms with van der Waals surface area (Å²) >= 11 is 0. The normalized spacial score (nSPS) is 19.8. The Morgan fingerprint density at radius 2 is 1.81 bits per heavy atom. The number of piperidine rings is 1. The van der Waals surface area contributed by atoms with Crippen LogP contribution in [-0.4, -0.2) is 75.1 Å². The monoisotopic (exact) mass is 509 g/mol. The second-order valence-electron chi connectivity index (χ2n) is 9.14. The minimum Gasteiger partial charge on any atom is -0.497 e. The van der Waals surface area contributed by atoms with Crippen molar-refractivity contribution < 1.29 is 28.5 Å². The Kier molecular flexibility index (Phi) is 8.66. The Morgan fingerprint density at radius 1 is 1.03 bits per heavy atom. The van der Waals surface area contributed by atoms with E-state index in [0.717, 1.165) is 36.2 Å². The molecule has 2 atom stereocenters. The summed E-state index contributed by atoms with van der Waals surface area (Å²) in [5, 5.41) is 6.36. The molecule has 2 aromatic rings. The number of benzene rings is 2. The number of rotatable bonds is 9. The van der Waals surface area contributed by atoms with Gasteiger partial charge in [0.25, 0.3) is 5.91 Å². The number of hydrazone groups is 1. The molecule has 37 heavy (non-hydrogen) atoms. The molecule has 2 aliphatic heterocycles. The van der Waals surface area contributed by atoms with Crippen molar-refractivity contribution in [1.82, 2.24) is 9.91 Å². The minimum atomic E-state index is -0.386. The summed E-state index contributed by atoms with van der Waals surface area (Å²) < 4.78 is 21.9. The van der Waals surface area contributed by atoms with Gasteiger partial charge in [0.1, 0.15) is 17.2 Å². The van der Waals surface area contributed by atoms with Crippen LogP contribution < -0.4 is 14.2 Å². The first kappa shape index (κ1) is 26.5. The number of methoxy groups -OCH3 is 3. The summed E-state index contributed by atoms with van der Waals surface area (Å²) in [4.78, 5) is 28.1. The third-order valence-electron chi connectivity index (χ3n) is 6.86. The topological polar surface area (TPSA) is 89.9 Å². The molecule has 0 spiro atoms. The van der Waals surface area contributed by atoms with Gasteiger partial charge in [0.15, 0.2) is 0 Å². The molecule has 2 heterocycles. The van der Waals surface area contributed by atoms with E-state index >= 15 is 0 Å². The lowest BCUT2D eigenvalue weighted by molar-refractivity contribution is -0.150. The molecule has 0 unspecified atom stereocenters. The number of esters is 1. The van der Waals surface area contributed by atoms with Crippen molar-refractivity contribution in [1.29, 1.82) is 0 Å². The molecule has 0 bridgehead atoms. The van der Waals surface area contributed by atoms with Crippen molar-refractivity contribution in [2.75, 3.05) is 47.6 Å². The largest absolute Gasteiger partial charge is 0.497 e. The van der Waals surface area contributed by atoms with Crippen LogP contribution in [0.3, 0.4) is 0 Å². The third-order valence-corrected chi connectivity index (χ3v) is 6.86. The molecule has 2 aromatic carbocycles. The first-order valence-corrected chi connectivity index (χ1v) is 12.6. The van der Waals surface area contributed by atoms with Crippen molar-refractivity contribution in [2.45, 2.75) is 32.2 Å². The van der Waals surface area contributed by atoms with Crippen molar-refractivity contribution in [3.05, 3.63) is 53.6 Å². The fourth-order valence-corrected chi connectivity index (χ4v) is 5.04. The number of amides is 1. The Balaban J connectivity index is 1.64. The SMILES string of the molecule is CCOC(=O)[C@@H]1CCCN(CC(=O)N2N=C(c3ccccc3OC)C[C@@H]2c2cc(OC)ccc2OC)C1. The van der Waals surface area contributed by atoms with Gasteiger partial charge in [0.2, 0.25) is 0 Å². The van der Waals surface area contributed by atoms with Crippen molar-refractivity contribution in [3.63, 3.8) is 0 Å². The van der Waals surface area contributed by atoms with Crippen LogP contribution in [0.4, 0.5) is 0 Å². The van der Waals surface area contributed by atoms with E-state index < -0.39 is 0 Å². The van der Waals surface area contributed by atoms with E-state index in [1.165, 1.54) is 0 Å². The number of hydrogen-bond donors (Lipinski definition) is 0. The van der Waals surface area contributed by atoms with Gasteiger partial charge in [0.05, 0.1) is 52.2 Å². The predicted octanol–water partition coefficient (Wildman–Crippen LogP) is 3.67. The van der Waals surface area contributed by atoms with Gasteiger partial charge in [-0.25, -0.2) is 5.01 Å². The molecule has 9 heteroatoms. The van der Waals surface area contributed by atoms with E-state index in [1.807, 2.05) is 47.4 Å². The number of nitrogens with zero attached hydrogens (tertiary/aromatic N) is 3. The molecule has 0 N–H and O–H groups in total. The predicted molar refractivity (Wildman–Crippen MR) is 139 cm³/mol. The molecule has 1 saturated heterocycles. The van der Waals surface area contributed by atoms with Crippen LogP contribution in [0.1, 0.15) is 43.4 Å². The Bertz CT molecular complexity index is 1150. The van der Waals surface area contributed by atoms with E-state index in [9.17, 15) is 9.59 Å². The molecular weight excluding hydrogens is 474 g/mol. The van der Waals surface area contributed by atoms with Crippen LogP contribution in [0.5, 0.6) is 17.2 Å². The molecular formula is C28H35N3O6. The van der Waals surface area contributed by atoms with Crippen LogP contribution in [0.2, 0.25) is 0 Å². The Morgan fingerprint density at radius 3 is 2.54 bits per heavy atom. The summed E-state index contributed by atoms with van der Waals surface area (Å²) in [7, 11) is 4.84. The number of carbonyl (C=O) groups excluding carboxylic acids is 2. The zero-order chi connectivity index (χ0) is 26.4. The highest BCUT2D eigenvalue weighted by atomic mass is 16.5. The lowest BCUT2D eigenvalue weighted by atomic mass is 9.96. The molecule has 0 aromatic heterocycles. The third kappa shape index (κ3) is 5.88. The van der Waals surface area contributed by atoms with Crippen LogP contribution in [0.25, 0.3) is 0 Å². The Hall–Kier alpha value is -3.59. The second kappa shape index (κ2) is 12.1. The Labute approximate surface area is 217 Å². The van der Waals surface area contributed by atoms with E-state index in [2.05, 4.69) is 0 Å². The average molecular weight is 510 g/mol. The van der Waals surface area contributed by atoms with Crippen LogP contribution in [0.15, 0.2) is 47.6 Å². The van der Waals surface area contributed by atoms with Gasteiger partial charge in [0, 0.05) is 24.1 Å². The quantitative estimate of drug-likeness (QED) is 0.477. The van der Waals surface area contributed by atoms with Crippen molar-refractivity contribution in [2.24, 2.45) is 11.0 Å². The molecule has 0 saturated carbocycles. The van der Waals surface area contributed by atoms with Gasteiger partial charge in [-0.3, -0.25) is 14.5 Å². The smallest absolute Gasteiger partial charge is 0.310 e. The van der Waals surface area contributed by atoms with Crippen LogP contribution in [0, 0.1) is 5.92 Å². The molecule has 2 aliphatic rings. The number of carbonyl (C=O) groups is 2. The van der Waals surface area contributed by atoms with E-state index in [1.54, 1.807) is 33.3 Å². The molecule has 1 amide bonds. The molecule has 4 rings (SSSR count). The summed E-state index contributed by atoms with van der Waals surface area (Å²) in [5.41, 5.74) is 2.41. The van der Waals surface area contributed by atoms with E-state index in [0.29, 0.717) is 36.8 Å². The summed E-state index contributed by atoms with van der Waals surface area (Å²) in [6.07, 6.45) is 2.09. The number of likely N-dealkylation sites (tertiary alicyclic amines) is 1. The maximum atomic E-state index is 13.7. The fourth-order valence-electron chi connectivity index (χ4n) is 5.04. The molecule has 0 radical (unpaired) electrons. The zero-order valence-corrected chi connectivity index (χ0v) is 21.9. The van der Waals surface area contributed by atoms with Gasteiger partial charge in [-0.15, -0.1) is 0 Å². The number of hydrogen-bond acceptors (Lipinski definition) is 8. The molecule has 1 fully saturated rings. The molecule has 9 nitrogen and oxygen atoms in total. The van der Waals surface area contributed by atoms with Crippen LogP contribution in [-0.2, 0) is 14.3 Å². The number of para-hydroxylation sites is 1. The van der Waals surface area contributed by atoms with Crippen molar-refractivity contribution in [3.8, 4) is 17.2 Å². The zero-order valence-electron chi connectivity index (χ0n) is 21.9. The minimum absolute atomic E-state index is 0.149. The van der Waals surface area contributed by atoms with E-state index in [-0.39, 0.29) is 30.4 Å². The van der Waals surface area contributed by atoms with Gasteiger partial charge in [-0.2, -0.15) is 5.10 Å². The molecule has 0 aliphatic carbocycles. The van der Waals surface area contributed by atoms with Gasteiger partial charge >= 0.3 is 5.97 Å². The first-order chi connectivity index (χ1) is 18.0. The summed E-state index contributed by atoms with van der Waals surface area (Å²) in [6, 6.07) is 12.8.